The number of pyridine rings is 1. The molecule has 2 heterocycles. The van der Waals surface area contributed by atoms with Crippen LogP contribution < -0.4 is 0 Å². The Balaban J connectivity index is 2.13. The lowest BCUT2D eigenvalue weighted by atomic mass is 9.97. The predicted molar refractivity (Wildman–Crippen MR) is 68.2 cm³/mol. The van der Waals surface area contributed by atoms with Gasteiger partial charge in [-0.2, -0.15) is 0 Å². The summed E-state index contributed by atoms with van der Waals surface area (Å²) in [5, 5.41) is 0. The zero-order valence-corrected chi connectivity index (χ0v) is 10.6. The molecule has 0 saturated carbocycles. The van der Waals surface area contributed by atoms with Crippen molar-refractivity contribution in [3.8, 4) is 0 Å². The molecule has 0 bridgehead atoms. The number of Topliss-reactive ketones (excluding diaryl/α,β-unsaturated/α-hetero) is 1. The van der Waals surface area contributed by atoms with Crippen LogP contribution in [0.15, 0.2) is 24.4 Å². The average Bonchev–Trinajstić information content (AvgIpc) is 2.39. The third kappa shape index (κ3) is 2.94. The highest BCUT2D eigenvalue weighted by Crippen LogP contribution is 2.21. The molecule has 0 aromatic carbocycles. The van der Waals surface area contributed by atoms with Crippen molar-refractivity contribution in [3.63, 3.8) is 0 Å². The first-order valence-corrected chi connectivity index (χ1v) is 6.40. The second kappa shape index (κ2) is 5.76. The summed E-state index contributed by atoms with van der Waals surface area (Å²) < 4.78 is 0. The maximum atomic E-state index is 12.3. The predicted octanol–water partition coefficient (Wildman–Crippen LogP) is 2.06. The van der Waals surface area contributed by atoms with E-state index in [4.69, 9.17) is 0 Å². The molecule has 0 aliphatic carbocycles. The SMILES string of the molecule is CC(=O)CC1CCCCN1C(=O)c1ccccn1. The molecule has 1 saturated heterocycles. The van der Waals surface area contributed by atoms with Crippen LogP contribution in [-0.2, 0) is 4.79 Å². The van der Waals surface area contributed by atoms with Crippen LogP contribution in [0, 0.1) is 0 Å². The van der Waals surface area contributed by atoms with E-state index in [1.807, 2.05) is 11.0 Å². The van der Waals surface area contributed by atoms with Crippen LogP contribution in [0.3, 0.4) is 0 Å². The molecule has 1 aromatic heterocycles. The number of likely N-dealkylation sites (tertiary alicyclic amines) is 1. The van der Waals surface area contributed by atoms with Crippen LogP contribution >= 0.6 is 0 Å². The van der Waals surface area contributed by atoms with Crippen molar-refractivity contribution >= 4 is 11.7 Å². The maximum absolute atomic E-state index is 12.3. The third-order valence-electron chi connectivity index (χ3n) is 3.30. The molecule has 0 N–H and O–H groups in total. The molecule has 1 amide bonds. The monoisotopic (exact) mass is 246 g/mol. The number of aromatic nitrogens is 1. The quantitative estimate of drug-likeness (QED) is 0.820. The number of amides is 1. The minimum Gasteiger partial charge on any atom is -0.334 e. The van der Waals surface area contributed by atoms with Gasteiger partial charge in [0.15, 0.2) is 0 Å². The minimum absolute atomic E-state index is 0.0470. The highest BCUT2D eigenvalue weighted by atomic mass is 16.2. The second-order valence-electron chi connectivity index (χ2n) is 4.77. The lowest BCUT2D eigenvalue weighted by Gasteiger charge is -2.35. The van der Waals surface area contributed by atoms with Crippen molar-refractivity contribution in [1.82, 2.24) is 9.88 Å². The Hall–Kier alpha value is -1.71. The van der Waals surface area contributed by atoms with Crippen molar-refractivity contribution in [2.24, 2.45) is 0 Å². The Labute approximate surface area is 107 Å². The molecule has 96 valence electrons. The van der Waals surface area contributed by atoms with E-state index < -0.39 is 0 Å². The Morgan fingerprint density at radius 2 is 2.22 bits per heavy atom. The number of ketones is 1. The van der Waals surface area contributed by atoms with E-state index in [0.717, 1.165) is 25.8 Å². The van der Waals surface area contributed by atoms with Crippen LogP contribution in [-0.4, -0.2) is 34.2 Å². The lowest BCUT2D eigenvalue weighted by Crippen LogP contribution is -2.44. The molecule has 1 atom stereocenters. The Kier molecular flexibility index (Phi) is 4.07. The van der Waals surface area contributed by atoms with E-state index in [1.165, 1.54) is 0 Å². The first-order valence-electron chi connectivity index (χ1n) is 6.40. The molecule has 18 heavy (non-hydrogen) atoms. The minimum atomic E-state index is -0.0541. The summed E-state index contributed by atoms with van der Waals surface area (Å²) in [6.45, 7) is 2.31. The summed E-state index contributed by atoms with van der Waals surface area (Å²) in [5.74, 6) is 0.0854. The Morgan fingerprint density at radius 1 is 1.39 bits per heavy atom. The number of carbonyl (C=O) groups excluding carboxylic acids is 2. The molecular weight excluding hydrogens is 228 g/mol. The van der Waals surface area contributed by atoms with Gasteiger partial charge in [-0.3, -0.25) is 14.6 Å². The van der Waals surface area contributed by atoms with E-state index in [1.54, 1.807) is 25.3 Å². The molecule has 1 aliphatic rings. The summed E-state index contributed by atoms with van der Waals surface area (Å²) >= 11 is 0. The molecule has 2 rings (SSSR count). The Morgan fingerprint density at radius 3 is 2.89 bits per heavy atom. The maximum Gasteiger partial charge on any atom is 0.272 e. The van der Waals surface area contributed by atoms with Crippen molar-refractivity contribution in [2.45, 2.75) is 38.6 Å². The molecule has 1 fully saturated rings. The van der Waals surface area contributed by atoms with Gasteiger partial charge >= 0.3 is 0 Å². The second-order valence-corrected chi connectivity index (χ2v) is 4.77. The van der Waals surface area contributed by atoms with Gasteiger partial charge in [0.1, 0.15) is 11.5 Å². The van der Waals surface area contributed by atoms with Gasteiger partial charge in [0.25, 0.3) is 5.91 Å². The highest BCUT2D eigenvalue weighted by Gasteiger charge is 2.28. The van der Waals surface area contributed by atoms with Crippen molar-refractivity contribution in [3.05, 3.63) is 30.1 Å². The number of piperidine rings is 1. The standard InChI is InChI=1S/C14H18N2O2/c1-11(17)10-12-6-3-5-9-16(12)14(18)13-7-2-4-8-15-13/h2,4,7-8,12H,3,5-6,9-10H2,1H3. The molecule has 1 aromatic rings. The number of rotatable bonds is 3. The zero-order chi connectivity index (χ0) is 13.0. The molecule has 1 unspecified atom stereocenters. The number of hydrogen-bond acceptors (Lipinski definition) is 3. The molecule has 4 nitrogen and oxygen atoms in total. The summed E-state index contributed by atoms with van der Waals surface area (Å²) in [6.07, 6.45) is 5.09. The van der Waals surface area contributed by atoms with E-state index in [0.29, 0.717) is 12.1 Å². The van der Waals surface area contributed by atoms with E-state index in [2.05, 4.69) is 4.98 Å². The highest BCUT2D eigenvalue weighted by molar-refractivity contribution is 5.93. The van der Waals surface area contributed by atoms with Crippen LogP contribution in [0.5, 0.6) is 0 Å². The molecule has 0 spiro atoms. The Bertz CT molecular complexity index is 431. The number of hydrogen-bond donors (Lipinski definition) is 0. The molecule has 4 heteroatoms. The zero-order valence-electron chi connectivity index (χ0n) is 10.6. The largest absolute Gasteiger partial charge is 0.334 e. The first kappa shape index (κ1) is 12.7. The van der Waals surface area contributed by atoms with Gasteiger partial charge < -0.3 is 4.90 Å². The van der Waals surface area contributed by atoms with E-state index in [9.17, 15) is 9.59 Å². The fourth-order valence-electron chi connectivity index (χ4n) is 2.45. The van der Waals surface area contributed by atoms with Gasteiger partial charge in [0, 0.05) is 25.2 Å². The fraction of sp³-hybridized carbons (Fsp3) is 0.500. The molecular formula is C14H18N2O2. The van der Waals surface area contributed by atoms with E-state index in [-0.39, 0.29) is 17.7 Å². The first-order chi connectivity index (χ1) is 8.68. The average molecular weight is 246 g/mol. The van der Waals surface area contributed by atoms with E-state index >= 15 is 0 Å². The van der Waals surface area contributed by atoms with Gasteiger partial charge in [0.05, 0.1) is 0 Å². The normalized spacial score (nSPS) is 19.6. The van der Waals surface area contributed by atoms with Crippen LogP contribution in [0.4, 0.5) is 0 Å². The van der Waals surface area contributed by atoms with Gasteiger partial charge in [-0.1, -0.05) is 6.07 Å². The smallest absolute Gasteiger partial charge is 0.272 e. The number of nitrogens with zero attached hydrogens (tertiary/aromatic N) is 2. The third-order valence-corrected chi connectivity index (χ3v) is 3.30. The van der Waals surface area contributed by atoms with Crippen molar-refractivity contribution < 1.29 is 9.59 Å². The fourth-order valence-corrected chi connectivity index (χ4v) is 2.45. The molecule has 0 radical (unpaired) electrons. The summed E-state index contributed by atoms with van der Waals surface area (Å²) in [7, 11) is 0. The van der Waals surface area contributed by atoms with Crippen LogP contribution in [0.2, 0.25) is 0 Å². The summed E-state index contributed by atoms with van der Waals surface area (Å²) in [6, 6.07) is 5.37. The topological polar surface area (TPSA) is 50.3 Å². The number of carbonyl (C=O) groups is 2. The summed E-state index contributed by atoms with van der Waals surface area (Å²) in [5.41, 5.74) is 0.466. The van der Waals surface area contributed by atoms with Crippen molar-refractivity contribution in [1.29, 1.82) is 0 Å². The van der Waals surface area contributed by atoms with Gasteiger partial charge in [-0.05, 0) is 38.3 Å². The van der Waals surface area contributed by atoms with Crippen LogP contribution in [0.25, 0.3) is 0 Å². The van der Waals surface area contributed by atoms with Crippen LogP contribution in [0.1, 0.15) is 43.1 Å². The van der Waals surface area contributed by atoms with Gasteiger partial charge in [-0.15, -0.1) is 0 Å². The van der Waals surface area contributed by atoms with Crippen molar-refractivity contribution in [2.75, 3.05) is 6.54 Å². The van der Waals surface area contributed by atoms with Gasteiger partial charge in [0.2, 0.25) is 0 Å². The lowest BCUT2D eigenvalue weighted by molar-refractivity contribution is -0.118. The summed E-state index contributed by atoms with van der Waals surface area (Å²) in [4.78, 5) is 29.5. The molecule has 1 aliphatic heterocycles. The van der Waals surface area contributed by atoms with Gasteiger partial charge in [-0.25, -0.2) is 0 Å².